The van der Waals surface area contributed by atoms with Crippen LogP contribution in [0.5, 0.6) is 5.75 Å². The zero-order valence-electron chi connectivity index (χ0n) is 22.6. The van der Waals surface area contributed by atoms with E-state index < -0.39 is 10.0 Å². The predicted octanol–water partition coefficient (Wildman–Crippen LogP) is 3.25. The van der Waals surface area contributed by atoms with Gasteiger partial charge in [-0.25, -0.2) is 17.9 Å². The third-order valence-corrected chi connectivity index (χ3v) is 9.57. The Morgan fingerprint density at radius 3 is 2.47 bits per heavy atom. The molecule has 38 heavy (non-hydrogen) atoms. The number of aryl methyl sites for hydroxylation is 2. The largest absolute Gasteiger partial charge is 0.493 e. The SMILES string of the molecule is CCCc1nc(CC)c2c(=O)[nH]c(-c3cc(S(=O)(=O)N4CCC(N5CCCC5)CC4)ccc3OCC)nn12. The maximum Gasteiger partial charge on any atom is 0.277 e. The topological polar surface area (TPSA) is 113 Å². The number of nitrogens with one attached hydrogen (secondary N) is 1. The standard InChI is InChI=1S/C27H38N6O4S/c1-4-9-24-28-22(5-2)25-27(34)29-26(30-33(24)25)21-18-20(10-11-23(21)37-6-3)38(35,36)32-16-12-19(13-17-32)31-14-7-8-15-31/h10-11,18-19H,4-9,12-17H2,1-3H3,(H,29,30,34). The number of rotatable bonds is 9. The van der Waals surface area contributed by atoms with Crippen molar-refractivity contribution in [3.63, 3.8) is 0 Å². The molecule has 3 aromatic rings. The van der Waals surface area contributed by atoms with Gasteiger partial charge in [-0.3, -0.25) is 4.79 Å². The molecular weight excluding hydrogens is 504 g/mol. The van der Waals surface area contributed by atoms with E-state index in [0.29, 0.717) is 66.9 Å². The first-order chi connectivity index (χ1) is 18.4. The van der Waals surface area contributed by atoms with Gasteiger partial charge in [-0.1, -0.05) is 13.8 Å². The summed E-state index contributed by atoms with van der Waals surface area (Å²) in [6.45, 7) is 9.50. The fourth-order valence-corrected chi connectivity index (χ4v) is 7.22. The molecule has 2 saturated heterocycles. The number of imidazole rings is 1. The third-order valence-electron chi connectivity index (χ3n) is 7.67. The van der Waals surface area contributed by atoms with Crippen molar-refractivity contribution in [2.75, 3.05) is 32.8 Å². The molecular formula is C27H38N6O4S. The van der Waals surface area contributed by atoms with Crippen LogP contribution in [-0.2, 0) is 22.9 Å². The number of nitrogens with zero attached hydrogens (tertiary/aromatic N) is 5. The van der Waals surface area contributed by atoms with E-state index in [2.05, 4.69) is 21.8 Å². The Labute approximate surface area is 224 Å². The maximum atomic E-state index is 13.7. The zero-order valence-corrected chi connectivity index (χ0v) is 23.4. The summed E-state index contributed by atoms with van der Waals surface area (Å²) in [4.78, 5) is 23.4. The Bertz CT molecular complexity index is 1450. The number of sulfonamides is 1. The van der Waals surface area contributed by atoms with Crippen LogP contribution in [0.4, 0.5) is 0 Å². The molecule has 0 saturated carbocycles. The number of likely N-dealkylation sites (tertiary alicyclic amines) is 1. The Kier molecular flexibility index (Phi) is 7.88. The molecule has 11 heteroatoms. The highest BCUT2D eigenvalue weighted by Gasteiger charge is 2.33. The first-order valence-corrected chi connectivity index (χ1v) is 15.3. The van der Waals surface area contributed by atoms with Crippen molar-refractivity contribution >= 4 is 15.5 Å². The normalized spacial score (nSPS) is 18.0. The van der Waals surface area contributed by atoms with E-state index in [9.17, 15) is 13.2 Å². The van der Waals surface area contributed by atoms with E-state index in [1.54, 1.807) is 27.0 Å². The van der Waals surface area contributed by atoms with Gasteiger partial charge in [0.1, 0.15) is 11.6 Å². The lowest BCUT2D eigenvalue weighted by molar-refractivity contribution is 0.168. The molecule has 0 spiro atoms. The Hall–Kier alpha value is -2.76. The summed E-state index contributed by atoms with van der Waals surface area (Å²) < 4.78 is 36.4. The average Bonchev–Trinajstić information content (AvgIpc) is 3.58. The summed E-state index contributed by atoms with van der Waals surface area (Å²) in [5.74, 6) is 1.44. The second kappa shape index (κ2) is 11.2. The monoisotopic (exact) mass is 542 g/mol. The summed E-state index contributed by atoms with van der Waals surface area (Å²) in [5, 5.41) is 4.73. The number of hydrogen-bond acceptors (Lipinski definition) is 7. The van der Waals surface area contributed by atoms with Gasteiger partial charge < -0.3 is 14.6 Å². The van der Waals surface area contributed by atoms with Crippen LogP contribution in [0.25, 0.3) is 16.9 Å². The van der Waals surface area contributed by atoms with Crippen LogP contribution >= 0.6 is 0 Å². The number of ether oxygens (including phenoxy) is 1. The smallest absolute Gasteiger partial charge is 0.277 e. The van der Waals surface area contributed by atoms with Crippen molar-refractivity contribution in [1.82, 2.24) is 28.8 Å². The van der Waals surface area contributed by atoms with Crippen molar-refractivity contribution in [3.8, 4) is 17.1 Å². The van der Waals surface area contributed by atoms with Crippen LogP contribution in [0.1, 0.15) is 64.4 Å². The van der Waals surface area contributed by atoms with Crippen LogP contribution in [-0.4, -0.2) is 76.0 Å². The van der Waals surface area contributed by atoms with Crippen molar-refractivity contribution in [2.45, 2.75) is 76.7 Å². The summed E-state index contributed by atoms with van der Waals surface area (Å²) in [5.41, 5.74) is 1.27. The molecule has 10 nitrogen and oxygen atoms in total. The fourth-order valence-electron chi connectivity index (χ4n) is 5.73. The molecule has 0 amide bonds. The van der Waals surface area contributed by atoms with Crippen molar-refractivity contribution in [2.24, 2.45) is 0 Å². The zero-order chi connectivity index (χ0) is 26.9. The maximum absolute atomic E-state index is 13.7. The molecule has 0 unspecified atom stereocenters. The Morgan fingerprint density at radius 2 is 1.82 bits per heavy atom. The molecule has 2 aliphatic rings. The average molecular weight is 543 g/mol. The molecule has 2 fully saturated rings. The molecule has 206 valence electrons. The van der Waals surface area contributed by atoms with Gasteiger partial charge in [-0.15, -0.1) is 5.10 Å². The summed E-state index contributed by atoms with van der Waals surface area (Å²) in [6.07, 6.45) is 6.30. The lowest BCUT2D eigenvalue weighted by Gasteiger charge is -2.36. The quantitative estimate of drug-likeness (QED) is 0.442. The van der Waals surface area contributed by atoms with E-state index in [1.807, 2.05) is 13.8 Å². The highest BCUT2D eigenvalue weighted by molar-refractivity contribution is 7.89. The summed E-state index contributed by atoms with van der Waals surface area (Å²) in [7, 11) is -3.72. The highest BCUT2D eigenvalue weighted by Crippen LogP contribution is 2.33. The van der Waals surface area contributed by atoms with Gasteiger partial charge in [0.25, 0.3) is 5.56 Å². The van der Waals surface area contributed by atoms with E-state index in [1.165, 1.54) is 12.8 Å². The summed E-state index contributed by atoms with van der Waals surface area (Å²) >= 11 is 0. The highest BCUT2D eigenvalue weighted by atomic mass is 32.2. The number of aromatic amines is 1. The second-order valence-electron chi connectivity index (χ2n) is 10.1. The van der Waals surface area contributed by atoms with Crippen molar-refractivity contribution < 1.29 is 13.2 Å². The first kappa shape index (κ1) is 26.8. The van der Waals surface area contributed by atoms with E-state index in [0.717, 1.165) is 32.4 Å². The van der Waals surface area contributed by atoms with Crippen molar-refractivity contribution in [3.05, 3.63) is 40.1 Å². The molecule has 1 aromatic carbocycles. The number of benzene rings is 1. The van der Waals surface area contributed by atoms with Gasteiger partial charge in [0.2, 0.25) is 10.0 Å². The molecule has 2 aromatic heterocycles. The third kappa shape index (κ3) is 4.99. The molecule has 0 bridgehead atoms. The molecule has 4 heterocycles. The number of H-pyrrole nitrogens is 1. The molecule has 1 N–H and O–H groups in total. The molecule has 0 aliphatic carbocycles. The van der Waals surface area contributed by atoms with Gasteiger partial charge >= 0.3 is 0 Å². The van der Waals surface area contributed by atoms with E-state index in [-0.39, 0.29) is 16.3 Å². The van der Waals surface area contributed by atoms with Gasteiger partial charge in [0.15, 0.2) is 11.3 Å². The number of fused-ring (bicyclic) bond motifs is 1. The van der Waals surface area contributed by atoms with Gasteiger partial charge in [0.05, 0.1) is 22.8 Å². The lowest BCUT2D eigenvalue weighted by Crippen LogP contribution is -2.45. The second-order valence-corrected chi connectivity index (χ2v) is 12.0. The molecule has 2 aliphatic heterocycles. The van der Waals surface area contributed by atoms with Gasteiger partial charge in [0, 0.05) is 25.6 Å². The van der Waals surface area contributed by atoms with E-state index in [4.69, 9.17) is 9.84 Å². The first-order valence-electron chi connectivity index (χ1n) is 13.9. The predicted molar refractivity (Wildman–Crippen MR) is 146 cm³/mol. The van der Waals surface area contributed by atoms with E-state index >= 15 is 0 Å². The fraction of sp³-hybridized carbons (Fsp3) is 0.593. The lowest BCUT2D eigenvalue weighted by atomic mass is 10.1. The molecule has 0 atom stereocenters. The molecule has 5 rings (SSSR count). The minimum Gasteiger partial charge on any atom is -0.493 e. The Balaban J connectivity index is 1.51. The van der Waals surface area contributed by atoms with Crippen LogP contribution in [0.2, 0.25) is 0 Å². The van der Waals surface area contributed by atoms with Gasteiger partial charge in [-0.2, -0.15) is 4.31 Å². The van der Waals surface area contributed by atoms with Crippen LogP contribution in [0, 0.1) is 0 Å². The van der Waals surface area contributed by atoms with Gasteiger partial charge in [-0.05, 0) is 76.7 Å². The van der Waals surface area contributed by atoms with Crippen LogP contribution in [0.3, 0.4) is 0 Å². The minimum atomic E-state index is -3.72. The number of hydrogen-bond donors (Lipinski definition) is 1. The van der Waals surface area contributed by atoms with Crippen molar-refractivity contribution in [1.29, 1.82) is 0 Å². The van der Waals surface area contributed by atoms with Crippen LogP contribution < -0.4 is 10.3 Å². The van der Waals surface area contributed by atoms with Crippen LogP contribution in [0.15, 0.2) is 27.9 Å². The minimum absolute atomic E-state index is 0.173. The summed E-state index contributed by atoms with van der Waals surface area (Å²) in [6, 6.07) is 5.28. The Morgan fingerprint density at radius 1 is 1.08 bits per heavy atom. The number of aromatic nitrogens is 4. The molecule has 0 radical (unpaired) electrons. The number of piperidine rings is 1.